The molecule has 0 spiro atoms. The number of hydrogen-bond acceptors (Lipinski definition) is 4. The van der Waals surface area contributed by atoms with Gasteiger partial charge < -0.3 is 9.84 Å². The van der Waals surface area contributed by atoms with E-state index in [1.165, 1.54) is 19.2 Å². The highest BCUT2D eigenvalue weighted by atomic mass is 127. The Morgan fingerprint density at radius 2 is 2.00 bits per heavy atom. The number of ether oxygens (including phenoxy) is 1. The molecule has 2 rings (SSSR count). The van der Waals surface area contributed by atoms with E-state index in [1.54, 1.807) is 18.2 Å². The molecule has 0 bridgehead atoms. The van der Waals surface area contributed by atoms with Gasteiger partial charge in [0.1, 0.15) is 5.75 Å². The van der Waals surface area contributed by atoms with Gasteiger partial charge in [0, 0.05) is 5.39 Å². The van der Waals surface area contributed by atoms with Crippen LogP contribution in [0.2, 0.25) is 0 Å². The molecular weight excluding hydrogens is 351 g/mol. The third-order valence-electron chi connectivity index (χ3n) is 2.54. The van der Waals surface area contributed by atoms with E-state index < -0.39 is 25.8 Å². The van der Waals surface area contributed by atoms with Crippen molar-refractivity contribution in [2.45, 2.75) is 0 Å². The lowest BCUT2D eigenvalue weighted by molar-refractivity contribution is 0.0696. The van der Waals surface area contributed by atoms with Crippen LogP contribution >= 0.6 is 19.8 Å². The van der Waals surface area contributed by atoms with Crippen molar-refractivity contribution >= 4 is 36.5 Å². The first-order valence-electron chi connectivity index (χ1n) is 4.94. The lowest BCUT2D eigenvalue weighted by Crippen LogP contribution is -2.00. The summed E-state index contributed by atoms with van der Waals surface area (Å²) in [6.45, 7) is 0. The van der Waals surface area contributed by atoms with Gasteiger partial charge in [-0.2, -0.15) is 0 Å². The first-order chi connectivity index (χ1) is 8.54. The zero-order valence-corrected chi connectivity index (χ0v) is 11.5. The maximum Gasteiger partial charge on any atom is 0.341 e. The lowest BCUT2D eigenvalue weighted by atomic mass is 10.1. The maximum atomic E-state index is 11.2. The second-order valence-electron chi connectivity index (χ2n) is 3.54. The topological polar surface area (TPSA) is 80.7 Å². The molecule has 0 saturated heterocycles. The van der Waals surface area contributed by atoms with E-state index >= 15 is 0 Å². The van der Waals surface area contributed by atoms with Crippen LogP contribution in [-0.2, 0) is 6.14 Å². The molecular formula is C12H9IO5. The molecule has 0 aromatic heterocycles. The molecule has 6 heteroatoms. The Kier molecular flexibility index (Phi) is 3.46. The zero-order valence-electron chi connectivity index (χ0n) is 9.34. The summed E-state index contributed by atoms with van der Waals surface area (Å²) in [4.78, 5) is 11.0. The fourth-order valence-corrected chi connectivity index (χ4v) is 3.17. The van der Waals surface area contributed by atoms with Crippen molar-refractivity contribution in [3.05, 3.63) is 39.5 Å². The van der Waals surface area contributed by atoms with E-state index in [2.05, 4.69) is 0 Å². The SMILES string of the molecule is COc1cccc2cc(C(=O)O)c(I(=O)=O)cc12. The molecule has 0 aliphatic rings. The largest absolute Gasteiger partial charge is 0.496 e. The summed E-state index contributed by atoms with van der Waals surface area (Å²) in [6.07, 6.45) is 0. The highest BCUT2D eigenvalue weighted by Crippen LogP contribution is 2.32. The molecule has 94 valence electrons. The number of carboxylic acids is 1. The highest BCUT2D eigenvalue weighted by Gasteiger charge is 2.16. The molecule has 0 fully saturated rings. The van der Waals surface area contributed by atoms with E-state index in [9.17, 15) is 10.9 Å². The van der Waals surface area contributed by atoms with Gasteiger partial charge >= 0.3 is 25.8 Å². The maximum absolute atomic E-state index is 11.2. The Labute approximate surface area is 110 Å². The number of rotatable bonds is 3. The quantitative estimate of drug-likeness (QED) is 0.852. The fourth-order valence-electron chi connectivity index (χ4n) is 1.74. The molecule has 2 aromatic rings. The molecule has 2 aromatic carbocycles. The third kappa shape index (κ3) is 2.15. The van der Waals surface area contributed by atoms with Crippen LogP contribution in [0.4, 0.5) is 0 Å². The van der Waals surface area contributed by atoms with Gasteiger partial charge in [0.15, 0.2) is 0 Å². The number of benzene rings is 2. The Hall–Kier alpha value is -1.70. The zero-order chi connectivity index (χ0) is 13.3. The summed E-state index contributed by atoms with van der Waals surface area (Å²) in [5.41, 5.74) is -0.189. The number of methoxy groups -OCH3 is 1. The molecule has 0 aliphatic carbocycles. The number of fused-ring (bicyclic) bond motifs is 1. The minimum absolute atomic E-state index is 0.122. The molecule has 0 radical (unpaired) electrons. The van der Waals surface area contributed by atoms with Gasteiger partial charge in [-0.1, -0.05) is 12.1 Å². The Morgan fingerprint density at radius 1 is 1.28 bits per heavy atom. The van der Waals surface area contributed by atoms with Crippen molar-refractivity contribution in [1.82, 2.24) is 0 Å². The van der Waals surface area contributed by atoms with Gasteiger partial charge in [-0.15, -0.1) is 0 Å². The van der Waals surface area contributed by atoms with Crippen LogP contribution in [0.15, 0.2) is 30.3 Å². The van der Waals surface area contributed by atoms with Gasteiger partial charge in [-0.05, 0) is 23.6 Å². The summed E-state index contributed by atoms with van der Waals surface area (Å²) in [5.74, 6) is -0.730. The average Bonchev–Trinajstić information content (AvgIpc) is 2.36. The number of halogens is 1. The van der Waals surface area contributed by atoms with E-state index in [1.807, 2.05) is 0 Å². The highest BCUT2D eigenvalue weighted by molar-refractivity contribution is 14.2. The van der Waals surface area contributed by atoms with E-state index in [-0.39, 0.29) is 9.13 Å². The molecule has 1 N–H and O–H groups in total. The minimum Gasteiger partial charge on any atom is -0.496 e. The summed E-state index contributed by atoms with van der Waals surface area (Å²) in [5, 5.41) is 10.2. The summed E-state index contributed by atoms with van der Waals surface area (Å²) < 4.78 is 27.4. The van der Waals surface area contributed by atoms with Crippen molar-refractivity contribution in [2.24, 2.45) is 0 Å². The average molecular weight is 360 g/mol. The normalized spacial score (nSPS) is 10.8. The van der Waals surface area contributed by atoms with Crippen molar-refractivity contribution in [3.8, 4) is 5.75 Å². The van der Waals surface area contributed by atoms with Crippen LogP contribution in [0.5, 0.6) is 5.75 Å². The molecule has 0 saturated carbocycles. The minimum atomic E-state index is -3.87. The summed E-state index contributed by atoms with van der Waals surface area (Å²) in [6, 6.07) is 7.85. The van der Waals surface area contributed by atoms with Crippen LogP contribution in [-0.4, -0.2) is 18.2 Å². The van der Waals surface area contributed by atoms with Gasteiger partial charge in [-0.25, -0.2) is 10.9 Å². The fraction of sp³-hybridized carbons (Fsp3) is 0.0833. The number of hydrogen-bond donors (Lipinski definition) is 1. The van der Waals surface area contributed by atoms with Crippen molar-refractivity contribution in [2.75, 3.05) is 7.11 Å². The predicted molar refractivity (Wildman–Crippen MR) is 71.5 cm³/mol. The summed E-state index contributed by atoms with van der Waals surface area (Å²) >= 11 is -3.87. The first-order valence-corrected chi connectivity index (χ1v) is 7.78. The molecule has 5 nitrogen and oxygen atoms in total. The summed E-state index contributed by atoms with van der Waals surface area (Å²) in [7, 11) is 1.48. The molecule has 18 heavy (non-hydrogen) atoms. The smallest absolute Gasteiger partial charge is 0.341 e. The predicted octanol–water partition coefficient (Wildman–Crippen LogP) is 2.91. The Balaban J connectivity index is 2.89. The molecule has 0 heterocycles. The van der Waals surface area contributed by atoms with Crippen LogP contribution in [0.3, 0.4) is 0 Å². The standard InChI is InChI=1S/C12H9IO5/c1-18-11-4-2-3-7-5-9(12(14)15)10(13(16)17)6-8(7)11/h2-6H,1H3,(H,14,15). The molecule has 0 unspecified atom stereocenters. The van der Waals surface area contributed by atoms with E-state index in [4.69, 9.17) is 9.84 Å². The van der Waals surface area contributed by atoms with Crippen LogP contribution in [0.25, 0.3) is 10.8 Å². The lowest BCUT2D eigenvalue weighted by Gasteiger charge is -2.07. The van der Waals surface area contributed by atoms with E-state index in [0.29, 0.717) is 16.5 Å². The van der Waals surface area contributed by atoms with Crippen LogP contribution in [0.1, 0.15) is 10.4 Å². The van der Waals surface area contributed by atoms with E-state index in [0.717, 1.165) is 0 Å². The second kappa shape index (κ2) is 4.89. The van der Waals surface area contributed by atoms with Gasteiger partial charge in [0.2, 0.25) is 0 Å². The van der Waals surface area contributed by atoms with Gasteiger partial charge in [0.25, 0.3) is 0 Å². The second-order valence-corrected chi connectivity index (χ2v) is 5.94. The number of carboxylic acid groups (broad SMARTS) is 1. The number of aromatic carboxylic acids is 1. The Morgan fingerprint density at radius 3 is 2.56 bits per heavy atom. The molecule has 0 amide bonds. The molecule has 0 atom stereocenters. The van der Waals surface area contributed by atoms with Gasteiger partial charge in [0.05, 0.1) is 16.2 Å². The molecule has 0 aliphatic heterocycles. The number of carbonyl (C=O) groups is 1. The van der Waals surface area contributed by atoms with Gasteiger partial charge in [-0.3, -0.25) is 0 Å². The van der Waals surface area contributed by atoms with Crippen LogP contribution < -0.4 is 4.74 Å². The van der Waals surface area contributed by atoms with Crippen LogP contribution in [0, 0.1) is 3.57 Å². The van der Waals surface area contributed by atoms with Crippen molar-refractivity contribution in [3.63, 3.8) is 0 Å². The Bertz CT molecular complexity index is 695. The third-order valence-corrected chi connectivity index (χ3v) is 4.39. The van der Waals surface area contributed by atoms with Crippen molar-refractivity contribution in [1.29, 1.82) is 0 Å². The van der Waals surface area contributed by atoms with Crippen molar-refractivity contribution < 1.29 is 20.8 Å². The monoisotopic (exact) mass is 360 g/mol. The first kappa shape index (κ1) is 12.7.